The molecule has 0 saturated carbocycles. The number of carboxylic acids is 1. The van der Waals surface area contributed by atoms with E-state index in [0.29, 0.717) is 6.04 Å². The summed E-state index contributed by atoms with van der Waals surface area (Å²) in [6.07, 6.45) is 5.38. The third-order valence-electron chi connectivity index (χ3n) is 2.62. The Bertz CT molecular complexity index is 417. The van der Waals surface area contributed by atoms with E-state index < -0.39 is 5.97 Å². The molecule has 7 heteroatoms. The van der Waals surface area contributed by atoms with Crippen molar-refractivity contribution in [1.82, 2.24) is 10.3 Å². The number of carbonyl (C=O) groups is 1. The summed E-state index contributed by atoms with van der Waals surface area (Å²) in [6.45, 7) is 2.00. The van der Waals surface area contributed by atoms with Gasteiger partial charge in [-0.25, -0.2) is 9.78 Å². The van der Waals surface area contributed by atoms with Gasteiger partial charge in [-0.15, -0.1) is 24.8 Å². The molecule has 1 aromatic heterocycles. The second-order valence-electron chi connectivity index (χ2n) is 3.98. The molecule has 0 radical (unpaired) electrons. The van der Waals surface area contributed by atoms with E-state index in [1.54, 1.807) is 6.20 Å². The zero-order valence-corrected chi connectivity index (χ0v) is 11.8. The Balaban J connectivity index is 0.00000162. The van der Waals surface area contributed by atoms with Crippen LogP contribution in [0.15, 0.2) is 24.4 Å². The van der Waals surface area contributed by atoms with Crippen LogP contribution in [0, 0.1) is 0 Å². The van der Waals surface area contributed by atoms with Crippen LogP contribution in [-0.2, 0) is 4.79 Å². The second kappa shape index (κ2) is 8.74. The molecule has 1 fully saturated rings. The molecular formula is C12H17Cl2N3O2. The van der Waals surface area contributed by atoms with Crippen LogP contribution < -0.4 is 10.6 Å². The minimum Gasteiger partial charge on any atom is -0.478 e. The summed E-state index contributed by atoms with van der Waals surface area (Å²) in [4.78, 5) is 14.6. The molecule has 1 aliphatic rings. The summed E-state index contributed by atoms with van der Waals surface area (Å²) in [5.41, 5.74) is 0.780. The molecular weight excluding hydrogens is 289 g/mol. The fourth-order valence-electron chi connectivity index (χ4n) is 1.74. The number of nitrogens with zero attached hydrogens (tertiary/aromatic N) is 1. The normalized spacial score (nSPS) is 17.6. The monoisotopic (exact) mass is 305 g/mol. The molecule has 0 aliphatic carbocycles. The van der Waals surface area contributed by atoms with Crippen LogP contribution in [0.2, 0.25) is 0 Å². The first-order chi connectivity index (χ1) is 8.24. The van der Waals surface area contributed by atoms with E-state index in [1.807, 2.05) is 12.1 Å². The van der Waals surface area contributed by atoms with Gasteiger partial charge in [0.25, 0.3) is 0 Å². The molecule has 2 heterocycles. The van der Waals surface area contributed by atoms with Crippen LogP contribution in [0.3, 0.4) is 0 Å². The lowest BCUT2D eigenvalue weighted by Gasteiger charge is -2.11. The minimum absolute atomic E-state index is 0. The van der Waals surface area contributed by atoms with Gasteiger partial charge in [-0.3, -0.25) is 0 Å². The van der Waals surface area contributed by atoms with E-state index in [4.69, 9.17) is 5.11 Å². The second-order valence-corrected chi connectivity index (χ2v) is 3.98. The smallest absolute Gasteiger partial charge is 0.328 e. The first-order valence-electron chi connectivity index (χ1n) is 5.58. The fourth-order valence-corrected chi connectivity index (χ4v) is 1.74. The third kappa shape index (κ3) is 5.92. The summed E-state index contributed by atoms with van der Waals surface area (Å²) in [6, 6.07) is 4.14. The highest BCUT2D eigenvalue weighted by molar-refractivity contribution is 5.86. The maximum absolute atomic E-state index is 10.3. The molecule has 3 N–H and O–H groups in total. The molecule has 0 spiro atoms. The predicted octanol–water partition coefficient (Wildman–Crippen LogP) is 1.80. The molecule has 19 heavy (non-hydrogen) atoms. The van der Waals surface area contributed by atoms with E-state index in [0.717, 1.165) is 37.0 Å². The maximum Gasteiger partial charge on any atom is 0.328 e. The van der Waals surface area contributed by atoms with E-state index in [1.165, 1.54) is 6.08 Å². The number of rotatable bonds is 4. The topological polar surface area (TPSA) is 74.2 Å². The Morgan fingerprint density at radius 2 is 2.26 bits per heavy atom. The molecule has 1 saturated heterocycles. The van der Waals surface area contributed by atoms with Gasteiger partial charge in [0.05, 0.1) is 0 Å². The number of aliphatic carboxylic acids is 1. The molecule has 5 nitrogen and oxygen atoms in total. The summed E-state index contributed by atoms with van der Waals surface area (Å²) in [5.74, 6) is -0.129. The lowest BCUT2D eigenvalue weighted by atomic mass is 10.2. The van der Waals surface area contributed by atoms with Crippen molar-refractivity contribution in [3.8, 4) is 0 Å². The molecule has 106 valence electrons. The van der Waals surface area contributed by atoms with Gasteiger partial charge in [0.2, 0.25) is 0 Å². The van der Waals surface area contributed by atoms with Gasteiger partial charge in [-0.05, 0) is 36.7 Å². The number of nitrogens with one attached hydrogen (secondary N) is 2. The predicted molar refractivity (Wildman–Crippen MR) is 80.3 cm³/mol. The Kier molecular flexibility index (Phi) is 8.14. The third-order valence-corrected chi connectivity index (χ3v) is 2.62. The van der Waals surface area contributed by atoms with Crippen LogP contribution in [0.5, 0.6) is 0 Å². The highest BCUT2D eigenvalue weighted by Crippen LogP contribution is 2.10. The van der Waals surface area contributed by atoms with Crippen molar-refractivity contribution >= 4 is 42.7 Å². The van der Waals surface area contributed by atoms with Crippen LogP contribution in [0.1, 0.15) is 12.0 Å². The number of aromatic nitrogens is 1. The lowest BCUT2D eigenvalue weighted by molar-refractivity contribution is -0.131. The van der Waals surface area contributed by atoms with Crippen molar-refractivity contribution in [3.63, 3.8) is 0 Å². The molecule has 0 amide bonds. The van der Waals surface area contributed by atoms with Gasteiger partial charge in [0.15, 0.2) is 0 Å². The van der Waals surface area contributed by atoms with Crippen LogP contribution in [-0.4, -0.2) is 35.2 Å². The summed E-state index contributed by atoms with van der Waals surface area (Å²) < 4.78 is 0. The SMILES string of the molecule is Cl.Cl.O=C(O)C=Cc1ccc(N[C@@H]2CCNC2)nc1. The van der Waals surface area contributed by atoms with E-state index in [2.05, 4.69) is 15.6 Å². The van der Waals surface area contributed by atoms with Crippen molar-refractivity contribution < 1.29 is 9.90 Å². The summed E-state index contributed by atoms with van der Waals surface area (Å²) in [7, 11) is 0. The molecule has 0 unspecified atom stereocenters. The summed E-state index contributed by atoms with van der Waals surface area (Å²) in [5, 5.41) is 15.1. The van der Waals surface area contributed by atoms with Crippen LogP contribution in [0.25, 0.3) is 6.08 Å². The Labute approximate surface area is 124 Å². The van der Waals surface area contributed by atoms with Gasteiger partial charge in [-0.2, -0.15) is 0 Å². The molecule has 2 rings (SSSR count). The van der Waals surface area contributed by atoms with Crippen LogP contribution in [0.4, 0.5) is 5.82 Å². The van der Waals surface area contributed by atoms with E-state index in [-0.39, 0.29) is 24.8 Å². The zero-order chi connectivity index (χ0) is 12.1. The van der Waals surface area contributed by atoms with Crippen molar-refractivity contribution in [2.75, 3.05) is 18.4 Å². The zero-order valence-electron chi connectivity index (χ0n) is 10.2. The first-order valence-corrected chi connectivity index (χ1v) is 5.58. The van der Waals surface area contributed by atoms with Crippen molar-refractivity contribution in [1.29, 1.82) is 0 Å². The number of hydrogen-bond donors (Lipinski definition) is 3. The largest absolute Gasteiger partial charge is 0.478 e. The standard InChI is InChI=1S/C12H15N3O2.2ClH/c16-12(17)4-2-9-1-3-11(14-7-9)15-10-5-6-13-8-10;;/h1-4,7,10,13H,5-6,8H2,(H,14,15)(H,16,17);2*1H/t10-;;/m1../s1. The maximum atomic E-state index is 10.3. The molecule has 1 atom stereocenters. The van der Waals surface area contributed by atoms with E-state index in [9.17, 15) is 4.79 Å². The molecule has 0 bridgehead atoms. The minimum atomic E-state index is -0.954. The van der Waals surface area contributed by atoms with Crippen molar-refractivity contribution in [2.24, 2.45) is 0 Å². The Morgan fingerprint density at radius 1 is 1.47 bits per heavy atom. The number of pyridine rings is 1. The van der Waals surface area contributed by atoms with Gasteiger partial charge >= 0.3 is 5.97 Å². The highest BCUT2D eigenvalue weighted by Gasteiger charge is 2.13. The van der Waals surface area contributed by atoms with Crippen molar-refractivity contribution in [3.05, 3.63) is 30.0 Å². The highest BCUT2D eigenvalue weighted by atomic mass is 35.5. The quantitative estimate of drug-likeness (QED) is 0.740. The number of halogens is 2. The molecule has 0 aromatic carbocycles. The summed E-state index contributed by atoms with van der Waals surface area (Å²) >= 11 is 0. The average Bonchev–Trinajstić information content (AvgIpc) is 2.81. The first kappa shape index (κ1) is 17.7. The van der Waals surface area contributed by atoms with Gasteiger partial charge < -0.3 is 15.7 Å². The number of carboxylic acid groups (broad SMARTS) is 1. The van der Waals surface area contributed by atoms with Crippen LogP contribution >= 0.6 is 24.8 Å². The fraction of sp³-hybridized carbons (Fsp3) is 0.333. The molecule has 1 aromatic rings. The Morgan fingerprint density at radius 3 is 2.79 bits per heavy atom. The Hall–Kier alpha value is -1.30. The molecule has 1 aliphatic heterocycles. The number of hydrogen-bond acceptors (Lipinski definition) is 4. The van der Waals surface area contributed by atoms with Gasteiger partial charge in [0.1, 0.15) is 5.82 Å². The number of anilines is 1. The van der Waals surface area contributed by atoms with Gasteiger partial charge in [-0.1, -0.05) is 0 Å². The van der Waals surface area contributed by atoms with Crippen molar-refractivity contribution in [2.45, 2.75) is 12.5 Å². The van der Waals surface area contributed by atoms with Gasteiger partial charge in [0, 0.05) is 24.9 Å². The lowest BCUT2D eigenvalue weighted by Crippen LogP contribution is -2.22. The average molecular weight is 306 g/mol. The van der Waals surface area contributed by atoms with E-state index >= 15 is 0 Å².